The van der Waals surface area contributed by atoms with Gasteiger partial charge in [0.1, 0.15) is 6.61 Å². The predicted molar refractivity (Wildman–Crippen MR) is 83.0 cm³/mol. The van der Waals surface area contributed by atoms with E-state index in [1.54, 1.807) is 0 Å². The van der Waals surface area contributed by atoms with Gasteiger partial charge in [-0.1, -0.05) is 6.07 Å². The van der Waals surface area contributed by atoms with Gasteiger partial charge in [0.15, 0.2) is 5.75 Å². The highest BCUT2D eigenvalue weighted by atomic mass is 16.5. The van der Waals surface area contributed by atoms with Crippen molar-refractivity contribution >= 4 is 11.6 Å². The molecule has 3 rings (SSSR count). The normalized spacial score (nSPS) is 21.9. The fourth-order valence-electron chi connectivity index (χ4n) is 3.15. The Bertz CT molecular complexity index is 532. The summed E-state index contributed by atoms with van der Waals surface area (Å²) in [5, 5.41) is 3.28. The lowest BCUT2D eigenvalue weighted by molar-refractivity contribution is 0.0640. The fourth-order valence-corrected chi connectivity index (χ4v) is 3.15. The van der Waals surface area contributed by atoms with Gasteiger partial charge in [-0.25, -0.2) is 0 Å². The Kier molecular flexibility index (Phi) is 4.01. The van der Waals surface area contributed by atoms with E-state index < -0.39 is 0 Å². The van der Waals surface area contributed by atoms with E-state index in [0.29, 0.717) is 17.9 Å². The molecule has 1 atom stereocenters. The van der Waals surface area contributed by atoms with Gasteiger partial charge in [-0.3, -0.25) is 4.79 Å². The highest BCUT2D eigenvalue weighted by Gasteiger charge is 2.28. The van der Waals surface area contributed by atoms with Gasteiger partial charge in [0.2, 0.25) is 0 Å². The summed E-state index contributed by atoms with van der Waals surface area (Å²) in [4.78, 5) is 17.0. The van der Waals surface area contributed by atoms with Crippen molar-refractivity contribution in [2.45, 2.75) is 18.9 Å². The second-order valence-corrected chi connectivity index (χ2v) is 5.93. The van der Waals surface area contributed by atoms with Gasteiger partial charge in [-0.05, 0) is 38.6 Å². The van der Waals surface area contributed by atoms with Crippen LogP contribution in [0.1, 0.15) is 23.2 Å². The number of amides is 1. The Hall–Kier alpha value is -1.75. The number of ether oxygens (including phenoxy) is 1. The summed E-state index contributed by atoms with van der Waals surface area (Å²) in [6.07, 6.45) is 2.21. The molecule has 114 valence electrons. The van der Waals surface area contributed by atoms with Gasteiger partial charge < -0.3 is 19.9 Å². The number of carbonyl (C=O) groups excluding carboxylic acids is 1. The van der Waals surface area contributed by atoms with E-state index in [-0.39, 0.29) is 11.9 Å². The van der Waals surface area contributed by atoms with Gasteiger partial charge in [0, 0.05) is 26.2 Å². The Morgan fingerprint density at radius 1 is 1.48 bits per heavy atom. The van der Waals surface area contributed by atoms with E-state index in [1.807, 2.05) is 30.1 Å². The summed E-state index contributed by atoms with van der Waals surface area (Å²) < 4.78 is 5.71. The van der Waals surface area contributed by atoms with Crippen molar-refractivity contribution < 1.29 is 9.53 Å². The van der Waals surface area contributed by atoms with Crippen molar-refractivity contribution in [2.24, 2.45) is 0 Å². The molecule has 2 heterocycles. The van der Waals surface area contributed by atoms with Crippen LogP contribution in [0.4, 0.5) is 5.69 Å². The van der Waals surface area contributed by atoms with Crippen LogP contribution in [0.3, 0.4) is 0 Å². The number of hydrogen-bond acceptors (Lipinski definition) is 4. The largest absolute Gasteiger partial charge is 0.489 e. The van der Waals surface area contributed by atoms with E-state index in [2.05, 4.69) is 17.3 Å². The van der Waals surface area contributed by atoms with E-state index in [4.69, 9.17) is 4.74 Å². The van der Waals surface area contributed by atoms with Gasteiger partial charge in [0.25, 0.3) is 5.91 Å². The van der Waals surface area contributed by atoms with Gasteiger partial charge >= 0.3 is 0 Å². The highest BCUT2D eigenvalue weighted by Crippen LogP contribution is 2.32. The molecular weight excluding hydrogens is 266 g/mol. The summed E-state index contributed by atoms with van der Waals surface area (Å²) in [7, 11) is 4.02. The number of nitrogens with zero attached hydrogens (tertiary/aromatic N) is 2. The molecule has 0 spiro atoms. The molecule has 1 saturated heterocycles. The van der Waals surface area contributed by atoms with Crippen LogP contribution in [-0.4, -0.2) is 62.1 Å². The quantitative estimate of drug-likeness (QED) is 0.899. The van der Waals surface area contributed by atoms with Crippen LogP contribution in [0.2, 0.25) is 0 Å². The van der Waals surface area contributed by atoms with Crippen LogP contribution in [0.15, 0.2) is 18.2 Å². The Balaban J connectivity index is 1.81. The third-order valence-electron chi connectivity index (χ3n) is 4.38. The maximum Gasteiger partial charge on any atom is 0.257 e. The molecule has 2 aliphatic heterocycles. The summed E-state index contributed by atoms with van der Waals surface area (Å²) in [6.45, 7) is 3.45. The van der Waals surface area contributed by atoms with Crippen LogP contribution >= 0.6 is 0 Å². The van der Waals surface area contributed by atoms with E-state index in [9.17, 15) is 4.79 Å². The lowest BCUT2D eigenvalue weighted by Crippen LogP contribution is -2.47. The number of carbonyl (C=O) groups is 1. The van der Waals surface area contributed by atoms with Crippen LogP contribution in [0, 0.1) is 0 Å². The molecule has 0 radical (unpaired) electrons. The second-order valence-electron chi connectivity index (χ2n) is 5.93. The van der Waals surface area contributed by atoms with Gasteiger partial charge in [-0.2, -0.15) is 0 Å². The van der Waals surface area contributed by atoms with Crippen LogP contribution in [0.5, 0.6) is 5.75 Å². The SMILES string of the molecule is CN1CCCC(N(C)C(=O)c2cccc3c2OCCN3)C1. The molecule has 1 aromatic rings. The number of benzene rings is 1. The molecule has 1 amide bonds. The fraction of sp³-hybridized carbons (Fsp3) is 0.562. The molecule has 1 fully saturated rings. The number of para-hydroxylation sites is 1. The molecule has 21 heavy (non-hydrogen) atoms. The van der Waals surface area contributed by atoms with Crippen molar-refractivity contribution in [3.8, 4) is 5.75 Å². The minimum atomic E-state index is 0.0517. The monoisotopic (exact) mass is 289 g/mol. The van der Waals surface area contributed by atoms with Crippen molar-refractivity contribution in [1.29, 1.82) is 0 Å². The zero-order chi connectivity index (χ0) is 14.8. The lowest BCUT2D eigenvalue weighted by Gasteiger charge is -2.36. The third-order valence-corrected chi connectivity index (χ3v) is 4.38. The Morgan fingerprint density at radius 2 is 2.33 bits per heavy atom. The molecule has 0 saturated carbocycles. The molecule has 0 aromatic heterocycles. The first-order chi connectivity index (χ1) is 10.2. The summed E-state index contributed by atoms with van der Waals surface area (Å²) in [6, 6.07) is 6.01. The van der Waals surface area contributed by atoms with Crippen molar-refractivity contribution in [2.75, 3.05) is 45.7 Å². The Morgan fingerprint density at radius 3 is 3.14 bits per heavy atom. The minimum Gasteiger partial charge on any atom is -0.489 e. The number of likely N-dealkylation sites (N-methyl/N-ethyl adjacent to an activating group) is 2. The van der Waals surface area contributed by atoms with Crippen LogP contribution < -0.4 is 10.1 Å². The zero-order valence-electron chi connectivity index (χ0n) is 12.8. The van der Waals surface area contributed by atoms with Crippen molar-refractivity contribution in [1.82, 2.24) is 9.80 Å². The molecular formula is C16H23N3O2. The maximum absolute atomic E-state index is 12.8. The maximum atomic E-state index is 12.8. The first-order valence-corrected chi connectivity index (χ1v) is 7.62. The predicted octanol–water partition coefficient (Wildman–Crippen LogP) is 1.66. The third kappa shape index (κ3) is 2.83. The molecule has 1 unspecified atom stereocenters. The summed E-state index contributed by atoms with van der Waals surface area (Å²) in [5.41, 5.74) is 1.58. The number of fused-ring (bicyclic) bond motifs is 1. The second kappa shape index (κ2) is 5.93. The molecule has 5 heteroatoms. The highest BCUT2D eigenvalue weighted by molar-refractivity contribution is 5.99. The van der Waals surface area contributed by atoms with Gasteiger partial charge in [-0.15, -0.1) is 0 Å². The number of anilines is 1. The molecule has 1 N–H and O–H groups in total. The van der Waals surface area contributed by atoms with E-state index >= 15 is 0 Å². The number of hydrogen-bond donors (Lipinski definition) is 1. The van der Waals surface area contributed by atoms with Gasteiger partial charge in [0.05, 0.1) is 11.3 Å². The van der Waals surface area contributed by atoms with E-state index in [0.717, 1.165) is 38.2 Å². The molecule has 1 aromatic carbocycles. The van der Waals surface area contributed by atoms with Crippen LogP contribution in [-0.2, 0) is 0 Å². The topological polar surface area (TPSA) is 44.8 Å². The van der Waals surface area contributed by atoms with Crippen molar-refractivity contribution in [3.05, 3.63) is 23.8 Å². The number of rotatable bonds is 2. The zero-order valence-corrected chi connectivity index (χ0v) is 12.8. The number of piperidine rings is 1. The average molecular weight is 289 g/mol. The lowest BCUT2D eigenvalue weighted by atomic mass is 10.0. The smallest absolute Gasteiger partial charge is 0.257 e. The first kappa shape index (κ1) is 14.2. The summed E-state index contributed by atoms with van der Waals surface area (Å²) >= 11 is 0. The Labute approximate surface area is 125 Å². The standard InChI is InChI=1S/C16H23N3O2/c1-18-9-4-5-12(11-18)19(2)16(20)13-6-3-7-14-15(13)21-10-8-17-14/h3,6-7,12,17H,4-5,8-11H2,1-2H3. The minimum absolute atomic E-state index is 0.0517. The van der Waals surface area contributed by atoms with E-state index in [1.165, 1.54) is 0 Å². The molecule has 0 bridgehead atoms. The number of nitrogens with one attached hydrogen (secondary N) is 1. The molecule has 2 aliphatic rings. The van der Waals surface area contributed by atoms with Crippen molar-refractivity contribution in [3.63, 3.8) is 0 Å². The van der Waals surface area contributed by atoms with Crippen LogP contribution in [0.25, 0.3) is 0 Å². The molecule has 0 aliphatic carbocycles. The number of likely N-dealkylation sites (tertiary alicyclic amines) is 1. The summed E-state index contributed by atoms with van der Waals surface area (Å²) in [5.74, 6) is 0.751. The molecule has 5 nitrogen and oxygen atoms in total. The average Bonchev–Trinajstić information content (AvgIpc) is 2.53. The first-order valence-electron chi connectivity index (χ1n) is 7.62.